The summed E-state index contributed by atoms with van der Waals surface area (Å²) in [4.78, 5) is 28.1. The Kier molecular flexibility index (Phi) is 5.90. The van der Waals surface area contributed by atoms with Crippen molar-refractivity contribution in [3.8, 4) is 5.75 Å². The fourth-order valence-electron chi connectivity index (χ4n) is 3.25. The lowest BCUT2D eigenvalue weighted by Gasteiger charge is -2.04. The molecular formula is C27H19NO4. The number of phenols is 1. The summed E-state index contributed by atoms with van der Waals surface area (Å²) in [6.45, 7) is 0. The van der Waals surface area contributed by atoms with Crippen LogP contribution in [-0.4, -0.2) is 26.9 Å². The molecule has 0 saturated heterocycles. The average Bonchev–Trinajstić information content (AvgIpc) is 2.81. The fourth-order valence-corrected chi connectivity index (χ4v) is 3.25. The first-order chi connectivity index (χ1) is 15.5. The minimum atomic E-state index is -1.29. The third-order valence-corrected chi connectivity index (χ3v) is 4.96. The lowest BCUT2D eigenvalue weighted by Crippen LogP contribution is -2.02. The highest BCUT2D eigenvalue weighted by Crippen LogP contribution is 2.23. The number of aromatic hydroxyl groups is 1. The highest BCUT2D eigenvalue weighted by atomic mass is 16.4. The van der Waals surface area contributed by atoms with Gasteiger partial charge in [-0.15, -0.1) is 0 Å². The van der Waals surface area contributed by atoms with E-state index in [2.05, 4.69) is 4.98 Å². The lowest BCUT2D eigenvalue weighted by atomic mass is 10.0. The monoisotopic (exact) mass is 421 g/mol. The normalized spacial score (nSPS) is 11.4. The van der Waals surface area contributed by atoms with Crippen molar-refractivity contribution in [2.45, 2.75) is 0 Å². The van der Waals surface area contributed by atoms with E-state index in [-0.39, 0.29) is 11.1 Å². The number of pyridine rings is 1. The van der Waals surface area contributed by atoms with Crippen LogP contribution in [0.3, 0.4) is 0 Å². The molecule has 5 nitrogen and oxygen atoms in total. The van der Waals surface area contributed by atoms with Gasteiger partial charge in [-0.3, -0.25) is 4.79 Å². The Hall–Kier alpha value is -4.51. The number of nitrogens with zero attached hydrogens (tertiary/aromatic N) is 1. The van der Waals surface area contributed by atoms with E-state index in [1.807, 2.05) is 72.8 Å². The first-order valence-electron chi connectivity index (χ1n) is 9.93. The standard InChI is InChI=1S/C27H19NO4/c29-25(22-5-3-6-23(26(22)30)27(31)32)17-13-19-10-8-18(9-11-19)12-15-21-16-14-20-4-1-2-7-24(20)28-21/h1-17,30H,(H,31,32)/b15-12+,17-13+. The van der Waals surface area contributed by atoms with Crippen molar-refractivity contribution < 1.29 is 19.8 Å². The Morgan fingerprint density at radius 1 is 0.719 bits per heavy atom. The predicted octanol–water partition coefficient (Wildman–Crippen LogP) is 5.71. The van der Waals surface area contributed by atoms with E-state index >= 15 is 0 Å². The number of aromatic nitrogens is 1. The van der Waals surface area contributed by atoms with Crippen LogP contribution in [0.4, 0.5) is 0 Å². The van der Waals surface area contributed by atoms with Gasteiger partial charge in [-0.25, -0.2) is 9.78 Å². The first-order valence-corrected chi connectivity index (χ1v) is 9.93. The lowest BCUT2D eigenvalue weighted by molar-refractivity contribution is 0.0693. The summed E-state index contributed by atoms with van der Waals surface area (Å²) in [6, 6.07) is 23.6. The number of carbonyl (C=O) groups is 2. The molecular weight excluding hydrogens is 402 g/mol. The summed E-state index contributed by atoms with van der Waals surface area (Å²) in [6.07, 6.45) is 6.84. The van der Waals surface area contributed by atoms with Gasteiger partial charge in [-0.05, 0) is 47.5 Å². The molecule has 0 aliphatic heterocycles. The summed E-state index contributed by atoms with van der Waals surface area (Å²) >= 11 is 0. The van der Waals surface area contributed by atoms with Crippen molar-refractivity contribution >= 4 is 40.9 Å². The minimum absolute atomic E-state index is 0.0522. The molecule has 0 spiro atoms. The maximum atomic E-state index is 12.4. The Morgan fingerprint density at radius 2 is 1.41 bits per heavy atom. The molecule has 0 unspecified atom stereocenters. The number of para-hydroxylation sites is 2. The summed E-state index contributed by atoms with van der Waals surface area (Å²) in [7, 11) is 0. The van der Waals surface area contributed by atoms with Crippen molar-refractivity contribution in [2.24, 2.45) is 0 Å². The average molecular weight is 421 g/mol. The molecule has 0 amide bonds. The molecule has 0 radical (unpaired) electrons. The number of benzene rings is 3. The second kappa shape index (κ2) is 9.10. The van der Waals surface area contributed by atoms with E-state index in [0.29, 0.717) is 0 Å². The molecule has 0 aliphatic carbocycles. The van der Waals surface area contributed by atoms with E-state index in [9.17, 15) is 14.7 Å². The molecule has 32 heavy (non-hydrogen) atoms. The molecule has 1 aromatic heterocycles. The van der Waals surface area contributed by atoms with Crippen molar-refractivity contribution in [2.75, 3.05) is 0 Å². The van der Waals surface area contributed by atoms with E-state index in [0.717, 1.165) is 27.7 Å². The second-order valence-corrected chi connectivity index (χ2v) is 7.13. The molecule has 2 N–H and O–H groups in total. The molecule has 4 aromatic rings. The van der Waals surface area contributed by atoms with Crippen LogP contribution in [0.1, 0.15) is 37.5 Å². The maximum absolute atomic E-state index is 12.4. The van der Waals surface area contributed by atoms with Crippen LogP contribution in [0, 0.1) is 0 Å². The van der Waals surface area contributed by atoms with Gasteiger partial charge in [0.25, 0.3) is 0 Å². The summed E-state index contributed by atoms with van der Waals surface area (Å²) in [5.41, 5.74) is 3.23. The fraction of sp³-hybridized carbons (Fsp3) is 0. The van der Waals surface area contributed by atoms with Crippen LogP contribution in [0.25, 0.3) is 29.1 Å². The molecule has 0 aliphatic rings. The number of hydrogen-bond acceptors (Lipinski definition) is 4. The van der Waals surface area contributed by atoms with Gasteiger partial charge in [0, 0.05) is 5.39 Å². The van der Waals surface area contributed by atoms with Crippen molar-refractivity contribution in [1.29, 1.82) is 0 Å². The van der Waals surface area contributed by atoms with Crippen molar-refractivity contribution in [3.63, 3.8) is 0 Å². The third-order valence-electron chi connectivity index (χ3n) is 4.96. The number of carboxylic acid groups (broad SMARTS) is 1. The predicted molar refractivity (Wildman–Crippen MR) is 126 cm³/mol. The summed E-state index contributed by atoms with van der Waals surface area (Å²) in [5, 5.41) is 20.2. The minimum Gasteiger partial charge on any atom is -0.506 e. The van der Waals surface area contributed by atoms with Gasteiger partial charge in [0.1, 0.15) is 11.3 Å². The smallest absolute Gasteiger partial charge is 0.339 e. The van der Waals surface area contributed by atoms with Crippen LogP contribution >= 0.6 is 0 Å². The number of carboxylic acids is 1. The van der Waals surface area contributed by atoms with Crippen molar-refractivity contribution in [1.82, 2.24) is 4.98 Å². The SMILES string of the molecule is O=C(O)c1cccc(C(=O)/C=C/c2ccc(/C=C/c3ccc4ccccc4n3)cc2)c1O. The number of hydrogen-bond donors (Lipinski definition) is 2. The van der Waals surface area contributed by atoms with Crippen LogP contribution in [0.2, 0.25) is 0 Å². The molecule has 0 fully saturated rings. The van der Waals surface area contributed by atoms with E-state index in [4.69, 9.17) is 5.11 Å². The van der Waals surface area contributed by atoms with Crippen molar-refractivity contribution in [3.05, 3.63) is 113 Å². The molecule has 1 heterocycles. The van der Waals surface area contributed by atoms with Crippen LogP contribution < -0.4 is 0 Å². The maximum Gasteiger partial charge on any atom is 0.339 e. The Labute approximate surface area is 184 Å². The number of carbonyl (C=O) groups excluding carboxylic acids is 1. The summed E-state index contributed by atoms with van der Waals surface area (Å²) < 4.78 is 0. The van der Waals surface area contributed by atoms with Crippen LogP contribution in [-0.2, 0) is 0 Å². The zero-order valence-electron chi connectivity index (χ0n) is 17.0. The quantitative estimate of drug-likeness (QED) is 0.308. The third kappa shape index (κ3) is 4.63. The van der Waals surface area contributed by atoms with Crippen LogP contribution in [0.15, 0.2) is 84.9 Å². The number of rotatable bonds is 6. The zero-order chi connectivity index (χ0) is 22.5. The molecule has 0 bridgehead atoms. The van der Waals surface area contributed by atoms with E-state index < -0.39 is 17.5 Å². The number of ketones is 1. The Bertz CT molecular complexity index is 1370. The molecule has 3 aromatic carbocycles. The highest BCUT2D eigenvalue weighted by molar-refractivity contribution is 6.10. The molecule has 5 heteroatoms. The molecule has 0 saturated carbocycles. The number of allylic oxidation sites excluding steroid dienone is 1. The van der Waals surface area contributed by atoms with Gasteiger partial charge in [-0.1, -0.05) is 66.7 Å². The largest absolute Gasteiger partial charge is 0.506 e. The van der Waals surface area contributed by atoms with Gasteiger partial charge < -0.3 is 10.2 Å². The van der Waals surface area contributed by atoms with Gasteiger partial charge in [0.15, 0.2) is 5.78 Å². The molecule has 0 atom stereocenters. The van der Waals surface area contributed by atoms with E-state index in [1.165, 1.54) is 24.3 Å². The Morgan fingerprint density at radius 3 is 2.16 bits per heavy atom. The highest BCUT2D eigenvalue weighted by Gasteiger charge is 2.16. The van der Waals surface area contributed by atoms with Gasteiger partial charge in [0.05, 0.1) is 16.8 Å². The Balaban J connectivity index is 1.46. The van der Waals surface area contributed by atoms with E-state index in [1.54, 1.807) is 6.08 Å². The summed E-state index contributed by atoms with van der Waals surface area (Å²) in [5.74, 6) is -2.29. The number of fused-ring (bicyclic) bond motifs is 1. The number of aromatic carboxylic acids is 1. The molecule has 156 valence electrons. The topological polar surface area (TPSA) is 87.5 Å². The van der Waals surface area contributed by atoms with Gasteiger partial charge >= 0.3 is 5.97 Å². The van der Waals surface area contributed by atoms with Gasteiger partial charge in [-0.2, -0.15) is 0 Å². The van der Waals surface area contributed by atoms with Crippen LogP contribution in [0.5, 0.6) is 5.75 Å². The zero-order valence-corrected chi connectivity index (χ0v) is 17.0. The first kappa shape index (κ1) is 20.8. The molecule has 4 rings (SSSR count). The van der Waals surface area contributed by atoms with Gasteiger partial charge in [0.2, 0.25) is 0 Å². The second-order valence-electron chi connectivity index (χ2n) is 7.13.